The van der Waals surface area contributed by atoms with Gasteiger partial charge >= 0.3 is 0 Å². The zero-order valence-corrected chi connectivity index (χ0v) is 17.0. The number of benzene rings is 1. The van der Waals surface area contributed by atoms with Crippen LogP contribution in [0.1, 0.15) is 31.0 Å². The zero-order valence-electron chi connectivity index (χ0n) is 16.2. The first-order valence-electron chi connectivity index (χ1n) is 9.60. The quantitative estimate of drug-likeness (QED) is 0.541. The van der Waals surface area contributed by atoms with Crippen molar-refractivity contribution < 1.29 is 0 Å². The minimum Gasteiger partial charge on any atom is -0.324 e. The molecule has 3 aromatic heterocycles. The molecule has 5 rings (SSSR count). The molecule has 1 aliphatic heterocycles. The molecule has 0 aliphatic carbocycles. The summed E-state index contributed by atoms with van der Waals surface area (Å²) in [6.45, 7) is 5.82. The van der Waals surface area contributed by atoms with E-state index in [1.165, 1.54) is 22.5 Å². The molecular weight excluding hydrogens is 386 g/mol. The summed E-state index contributed by atoms with van der Waals surface area (Å²) in [5.41, 5.74) is 5.76. The van der Waals surface area contributed by atoms with Crippen LogP contribution in [0, 0.1) is 0 Å². The summed E-state index contributed by atoms with van der Waals surface area (Å²) < 4.78 is 3.45. The van der Waals surface area contributed by atoms with E-state index in [2.05, 4.69) is 37.7 Å². The fraction of sp³-hybridized carbons (Fsp3) is 0.300. The summed E-state index contributed by atoms with van der Waals surface area (Å²) in [4.78, 5) is 26.4. The summed E-state index contributed by atoms with van der Waals surface area (Å²) in [7, 11) is 0. The molecule has 0 fully saturated rings. The van der Waals surface area contributed by atoms with Gasteiger partial charge in [0.05, 0.1) is 5.51 Å². The minimum atomic E-state index is -0.116. The summed E-state index contributed by atoms with van der Waals surface area (Å²) in [6, 6.07) is 6.28. The number of anilines is 2. The molecule has 148 valence electrons. The Labute approximate surface area is 171 Å². The second-order valence-corrected chi connectivity index (χ2v) is 8.09. The molecule has 0 spiro atoms. The van der Waals surface area contributed by atoms with Gasteiger partial charge in [-0.15, -0.1) is 11.3 Å². The van der Waals surface area contributed by atoms with Crippen molar-refractivity contribution in [3.63, 3.8) is 0 Å². The van der Waals surface area contributed by atoms with Crippen LogP contribution in [0.4, 0.5) is 11.6 Å². The molecular formula is C20H21N7OS. The molecule has 0 saturated carbocycles. The Kier molecular flexibility index (Phi) is 4.40. The van der Waals surface area contributed by atoms with Crippen LogP contribution in [0.2, 0.25) is 0 Å². The molecule has 9 heteroatoms. The van der Waals surface area contributed by atoms with Gasteiger partial charge in [0.1, 0.15) is 5.39 Å². The highest BCUT2D eigenvalue weighted by molar-refractivity contribution is 7.07. The van der Waals surface area contributed by atoms with E-state index in [0.717, 1.165) is 25.2 Å². The minimum absolute atomic E-state index is 0.0389. The molecule has 1 aromatic carbocycles. The highest BCUT2D eigenvalue weighted by Crippen LogP contribution is 2.23. The maximum Gasteiger partial charge on any atom is 0.278 e. The summed E-state index contributed by atoms with van der Waals surface area (Å²) in [5.74, 6) is 1.13. The fourth-order valence-corrected chi connectivity index (χ4v) is 4.26. The molecule has 29 heavy (non-hydrogen) atoms. The van der Waals surface area contributed by atoms with Gasteiger partial charge in [0, 0.05) is 29.9 Å². The SMILES string of the molecule is CC(C)n1c(=O)c2cnc(Nc3ccc4c(c3)CNCC4)nc2n1-c1cscn1. The van der Waals surface area contributed by atoms with Crippen LogP contribution in [0.3, 0.4) is 0 Å². The molecule has 0 bridgehead atoms. The van der Waals surface area contributed by atoms with Gasteiger partial charge in [-0.25, -0.2) is 19.3 Å². The van der Waals surface area contributed by atoms with Crippen LogP contribution >= 0.6 is 11.3 Å². The van der Waals surface area contributed by atoms with Gasteiger partial charge in [-0.1, -0.05) is 6.07 Å². The molecule has 0 unspecified atom stereocenters. The standard InChI is InChI=1S/C20H21N7OS/c1-12(2)26-19(28)16-9-22-20(25-18(16)27(26)17-10-29-11-23-17)24-15-4-3-13-5-6-21-8-14(13)7-15/h3-4,7,9-12,21H,5-6,8H2,1-2H3,(H,22,24,25). The van der Waals surface area contributed by atoms with Crippen molar-refractivity contribution >= 4 is 34.0 Å². The summed E-state index contributed by atoms with van der Waals surface area (Å²) >= 11 is 1.48. The van der Waals surface area contributed by atoms with E-state index in [1.54, 1.807) is 21.1 Å². The number of fused-ring (bicyclic) bond motifs is 2. The number of aromatic nitrogens is 5. The first kappa shape index (κ1) is 18.0. The van der Waals surface area contributed by atoms with Crippen molar-refractivity contribution in [1.82, 2.24) is 29.6 Å². The average Bonchev–Trinajstić information content (AvgIpc) is 3.34. The Morgan fingerprint density at radius 1 is 1.24 bits per heavy atom. The smallest absolute Gasteiger partial charge is 0.278 e. The number of nitrogens with zero attached hydrogens (tertiary/aromatic N) is 5. The highest BCUT2D eigenvalue weighted by Gasteiger charge is 2.20. The zero-order chi connectivity index (χ0) is 20.0. The Bertz CT molecular complexity index is 1240. The van der Waals surface area contributed by atoms with Gasteiger partial charge in [0.2, 0.25) is 5.95 Å². The predicted molar refractivity (Wildman–Crippen MR) is 114 cm³/mol. The van der Waals surface area contributed by atoms with E-state index < -0.39 is 0 Å². The van der Waals surface area contributed by atoms with E-state index in [-0.39, 0.29) is 11.6 Å². The molecule has 2 N–H and O–H groups in total. The average molecular weight is 408 g/mol. The molecule has 0 radical (unpaired) electrons. The molecule has 1 aliphatic rings. The van der Waals surface area contributed by atoms with Crippen molar-refractivity contribution in [2.45, 2.75) is 32.9 Å². The van der Waals surface area contributed by atoms with Crippen molar-refractivity contribution in [3.8, 4) is 5.82 Å². The molecule has 0 amide bonds. The number of hydrogen-bond acceptors (Lipinski definition) is 7. The van der Waals surface area contributed by atoms with Gasteiger partial charge in [-0.3, -0.25) is 4.79 Å². The molecule has 4 aromatic rings. The van der Waals surface area contributed by atoms with Gasteiger partial charge in [-0.2, -0.15) is 4.98 Å². The summed E-state index contributed by atoms with van der Waals surface area (Å²) in [6.07, 6.45) is 2.63. The third kappa shape index (κ3) is 3.12. The van der Waals surface area contributed by atoms with Crippen LogP contribution in [-0.4, -0.2) is 30.9 Å². The maximum absolute atomic E-state index is 12.9. The topological polar surface area (TPSA) is 89.7 Å². The first-order valence-corrected chi connectivity index (χ1v) is 10.5. The van der Waals surface area contributed by atoms with Crippen molar-refractivity contribution in [2.24, 2.45) is 0 Å². The van der Waals surface area contributed by atoms with Crippen LogP contribution in [0.15, 0.2) is 40.1 Å². The molecule has 0 atom stereocenters. The van der Waals surface area contributed by atoms with Gasteiger partial charge in [-0.05, 0) is 50.1 Å². The van der Waals surface area contributed by atoms with Crippen molar-refractivity contribution in [1.29, 1.82) is 0 Å². The first-order chi connectivity index (χ1) is 14.1. The summed E-state index contributed by atoms with van der Waals surface area (Å²) in [5, 5.41) is 9.06. The normalized spacial score (nSPS) is 13.8. The monoisotopic (exact) mass is 407 g/mol. The Hall–Kier alpha value is -3.04. The van der Waals surface area contributed by atoms with E-state index in [9.17, 15) is 4.79 Å². The van der Waals surface area contributed by atoms with Gasteiger partial charge in [0.15, 0.2) is 11.5 Å². The van der Waals surface area contributed by atoms with Gasteiger partial charge in [0.25, 0.3) is 5.56 Å². The molecule has 0 saturated heterocycles. The lowest BCUT2D eigenvalue weighted by molar-refractivity contribution is 0.472. The number of rotatable bonds is 4. The van der Waals surface area contributed by atoms with E-state index in [4.69, 9.17) is 0 Å². The van der Waals surface area contributed by atoms with Crippen LogP contribution in [0.25, 0.3) is 16.9 Å². The van der Waals surface area contributed by atoms with Crippen LogP contribution < -0.4 is 16.2 Å². The van der Waals surface area contributed by atoms with Crippen molar-refractivity contribution in [3.05, 3.63) is 56.8 Å². The Morgan fingerprint density at radius 2 is 2.14 bits per heavy atom. The van der Waals surface area contributed by atoms with Gasteiger partial charge < -0.3 is 10.6 Å². The largest absolute Gasteiger partial charge is 0.324 e. The number of nitrogens with one attached hydrogen (secondary N) is 2. The third-order valence-electron chi connectivity index (χ3n) is 5.10. The number of hydrogen-bond donors (Lipinski definition) is 2. The van der Waals surface area contributed by atoms with Crippen LogP contribution in [0.5, 0.6) is 0 Å². The number of thiazole rings is 1. The Balaban J connectivity index is 1.60. The van der Waals surface area contributed by atoms with E-state index in [0.29, 0.717) is 22.8 Å². The fourth-order valence-electron chi connectivity index (χ4n) is 3.74. The van der Waals surface area contributed by atoms with Crippen LogP contribution in [-0.2, 0) is 13.0 Å². The second-order valence-electron chi connectivity index (χ2n) is 7.37. The second kappa shape index (κ2) is 7.09. The maximum atomic E-state index is 12.9. The molecule has 4 heterocycles. The van der Waals surface area contributed by atoms with E-state index in [1.807, 2.05) is 25.3 Å². The van der Waals surface area contributed by atoms with Crippen molar-refractivity contribution in [2.75, 3.05) is 11.9 Å². The lowest BCUT2D eigenvalue weighted by Gasteiger charge is -2.18. The van der Waals surface area contributed by atoms with E-state index >= 15 is 0 Å². The lowest BCUT2D eigenvalue weighted by Crippen LogP contribution is -2.24. The predicted octanol–water partition coefficient (Wildman–Crippen LogP) is 3.01. The lowest BCUT2D eigenvalue weighted by atomic mass is 10.0. The highest BCUT2D eigenvalue weighted by atomic mass is 32.1. The molecule has 8 nitrogen and oxygen atoms in total. The Morgan fingerprint density at radius 3 is 2.93 bits per heavy atom. The third-order valence-corrected chi connectivity index (χ3v) is 5.67.